The second-order valence-corrected chi connectivity index (χ2v) is 7.94. The Morgan fingerprint density at radius 1 is 1.32 bits per heavy atom. The molecule has 1 atom stereocenters. The smallest absolute Gasteiger partial charge is 0.316 e. The van der Waals surface area contributed by atoms with E-state index in [1.807, 2.05) is 6.92 Å². The number of ether oxygens (including phenoxy) is 1. The lowest BCUT2D eigenvalue weighted by molar-refractivity contribution is -0.127. The van der Waals surface area contributed by atoms with Gasteiger partial charge < -0.3 is 19.9 Å². The summed E-state index contributed by atoms with van der Waals surface area (Å²) in [5.74, 6) is -0.111. The lowest BCUT2D eigenvalue weighted by Crippen LogP contribution is -2.40. The molecule has 0 aliphatic rings. The van der Waals surface area contributed by atoms with Crippen molar-refractivity contribution in [3.63, 3.8) is 0 Å². The molecule has 0 fully saturated rings. The van der Waals surface area contributed by atoms with Crippen LogP contribution in [-0.2, 0) is 11.3 Å². The molecule has 2 N–H and O–H groups in total. The molecule has 12 heteroatoms. The topological polar surface area (TPSA) is 124 Å². The van der Waals surface area contributed by atoms with Gasteiger partial charge in [0.25, 0.3) is 5.91 Å². The number of carbonyl (C=O) groups is 2. The molecular formula is C19H20BrClN6O4. The lowest BCUT2D eigenvalue weighted by Gasteiger charge is -2.16. The third-order valence-corrected chi connectivity index (χ3v) is 4.73. The molecule has 164 valence electrons. The summed E-state index contributed by atoms with van der Waals surface area (Å²) in [5, 5.41) is 13.7. The van der Waals surface area contributed by atoms with Crippen molar-refractivity contribution in [3.05, 3.63) is 57.4 Å². The normalized spacial score (nSPS) is 11.7. The van der Waals surface area contributed by atoms with Crippen LogP contribution < -0.4 is 15.4 Å². The quantitative estimate of drug-likeness (QED) is 0.423. The minimum atomic E-state index is -0.712. The fraction of sp³-hybridized carbons (Fsp3) is 0.316. The van der Waals surface area contributed by atoms with E-state index in [9.17, 15) is 9.59 Å². The van der Waals surface area contributed by atoms with Crippen molar-refractivity contribution in [1.82, 2.24) is 30.6 Å². The molecule has 0 radical (unpaired) electrons. The van der Waals surface area contributed by atoms with Crippen LogP contribution in [0, 0.1) is 6.92 Å². The number of nitrogens with zero attached hydrogens (tertiary/aromatic N) is 4. The highest BCUT2D eigenvalue weighted by molar-refractivity contribution is 9.10. The third-order valence-electron chi connectivity index (χ3n) is 4.09. The number of hydrogen-bond acceptors (Lipinski definition) is 7. The fourth-order valence-corrected chi connectivity index (χ4v) is 3.10. The summed E-state index contributed by atoms with van der Waals surface area (Å²) >= 11 is 9.21. The van der Waals surface area contributed by atoms with Gasteiger partial charge in [-0.25, -0.2) is 0 Å². The van der Waals surface area contributed by atoms with Crippen LogP contribution in [0.15, 0.2) is 39.6 Å². The van der Waals surface area contributed by atoms with Crippen molar-refractivity contribution >= 4 is 39.3 Å². The fourth-order valence-electron chi connectivity index (χ4n) is 2.55. The molecule has 2 aromatic heterocycles. The van der Waals surface area contributed by atoms with Crippen LogP contribution in [0.1, 0.15) is 29.0 Å². The van der Waals surface area contributed by atoms with Crippen molar-refractivity contribution in [1.29, 1.82) is 0 Å². The summed E-state index contributed by atoms with van der Waals surface area (Å²) in [6.07, 6.45) is 2.67. The molecule has 0 aliphatic heterocycles. The minimum absolute atomic E-state index is 0.164. The third kappa shape index (κ3) is 6.53. The average molecular weight is 512 g/mol. The maximum Gasteiger partial charge on any atom is 0.316 e. The number of halogens is 2. The zero-order chi connectivity index (χ0) is 22.4. The maximum absolute atomic E-state index is 12.2. The molecule has 0 saturated carbocycles. The first kappa shape index (κ1) is 22.8. The molecule has 0 aliphatic carbocycles. The first-order chi connectivity index (χ1) is 14.8. The molecule has 3 rings (SSSR count). The van der Waals surface area contributed by atoms with Crippen molar-refractivity contribution in [3.8, 4) is 5.75 Å². The highest BCUT2D eigenvalue weighted by Gasteiger charge is 2.17. The molecule has 0 bridgehead atoms. The van der Waals surface area contributed by atoms with Crippen LogP contribution >= 0.6 is 27.5 Å². The van der Waals surface area contributed by atoms with Gasteiger partial charge in [0.1, 0.15) is 12.3 Å². The SMILES string of the molecule is Cc1cc(Cl)ccc1OC(C)C(=O)NCCNC(=O)c1nc(Cn2cc(Br)cn2)no1. The van der Waals surface area contributed by atoms with E-state index in [1.54, 1.807) is 42.2 Å². The van der Waals surface area contributed by atoms with E-state index in [0.717, 1.165) is 10.0 Å². The van der Waals surface area contributed by atoms with Crippen LogP contribution in [0.4, 0.5) is 0 Å². The van der Waals surface area contributed by atoms with Crippen molar-refractivity contribution in [2.75, 3.05) is 13.1 Å². The van der Waals surface area contributed by atoms with Gasteiger partial charge in [0.2, 0.25) is 0 Å². The minimum Gasteiger partial charge on any atom is -0.481 e. The molecule has 3 aromatic rings. The highest BCUT2D eigenvalue weighted by atomic mass is 79.9. The second-order valence-electron chi connectivity index (χ2n) is 6.59. The monoisotopic (exact) mass is 510 g/mol. The Hall–Kier alpha value is -2.92. The summed E-state index contributed by atoms with van der Waals surface area (Å²) in [7, 11) is 0. The van der Waals surface area contributed by atoms with Gasteiger partial charge in [-0.1, -0.05) is 16.8 Å². The Kier molecular flexibility index (Phi) is 7.64. The predicted molar refractivity (Wildman–Crippen MR) is 115 cm³/mol. The average Bonchev–Trinajstić information content (AvgIpc) is 3.36. The summed E-state index contributed by atoms with van der Waals surface area (Å²) in [6.45, 7) is 4.14. The Balaban J connectivity index is 1.39. The Labute approximate surface area is 191 Å². The molecule has 0 spiro atoms. The zero-order valence-corrected chi connectivity index (χ0v) is 19.1. The van der Waals surface area contributed by atoms with Crippen LogP contribution in [-0.4, -0.2) is 50.9 Å². The second kappa shape index (κ2) is 10.4. The van der Waals surface area contributed by atoms with Gasteiger partial charge in [-0.2, -0.15) is 10.1 Å². The predicted octanol–water partition coefficient (Wildman–Crippen LogP) is 2.35. The van der Waals surface area contributed by atoms with Gasteiger partial charge in [0.05, 0.1) is 10.7 Å². The van der Waals surface area contributed by atoms with Crippen molar-refractivity contribution in [2.45, 2.75) is 26.5 Å². The van der Waals surface area contributed by atoms with Crippen molar-refractivity contribution < 1.29 is 18.8 Å². The summed E-state index contributed by atoms with van der Waals surface area (Å²) in [5.41, 5.74) is 0.832. The summed E-state index contributed by atoms with van der Waals surface area (Å²) in [4.78, 5) is 28.3. The number of nitrogens with one attached hydrogen (secondary N) is 2. The number of aryl methyl sites for hydroxylation is 1. The number of carbonyl (C=O) groups excluding carboxylic acids is 2. The molecule has 2 amide bonds. The van der Waals surface area contributed by atoms with Crippen LogP contribution in [0.25, 0.3) is 0 Å². The molecule has 1 unspecified atom stereocenters. The van der Waals surface area contributed by atoms with Gasteiger partial charge >= 0.3 is 11.8 Å². The Morgan fingerprint density at radius 3 is 2.81 bits per heavy atom. The van der Waals surface area contributed by atoms with E-state index in [0.29, 0.717) is 16.6 Å². The summed E-state index contributed by atoms with van der Waals surface area (Å²) in [6, 6.07) is 5.17. The van der Waals surface area contributed by atoms with E-state index in [-0.39, 0.29) is 31.4 Å². The van der Waals surface area contributed by atoms with E-state index < -0.39 is 12.0 Å². The number of aromatic nitrogens is 4. The van der Waals surface area contributed by atoms with Gasteiger partial charge in [0.15, 0.2) is 11.9 Å². The molecule has 1 aromatic carbocycles. The van der Waals surface area contributed by atoms with Crippen LogP contribution in [0.3, 0.4) is 0 Å². The Morgan fingerprint density at radius 2 is 2.10 bits per heavy atom. The largest absolute Gasteiger partial charge is 0.481 e. The molecular weight excluding hydrogens is 492 g/mol. The van der Waals surface area contributed by atoms with Gasteiger partial charge in [-0.05, 0) is 53.5 Å². The number of amides is 2. The first-order valence-corrected chi connectivity index (χ1v) is 10.5. The Bertz CT molecular complexity index is 1070. The molecule has 10 nitrogen and oxygen atoms in total. The van der Waals surface area contributed by atoms with Gasteiger partial charge in [-0.15, -0.1) is 0 Å². The summed E-state index contributed by atoms with van der Waals surface area (Å²) < 4.78 is 13.0. The number of hydrogen-bond donors (Lipinski definition) is 2. The van der Waals surface area contributed by atoms with E-state index in [1.165, 1.54) is 0 Å². The highest BCUT2D eigenvalue weighted by Crippen LogP contribution is 2.22. The maximum atomic E-state index is 12.2. The van der Waals surface area contributed by atoms with Gasteiger partial charge in [-0.3, -0.25) is 14.3 Å². The standard InChI is InChI=1S/C19H20BrClN6O4/c1-11-7-14(21)3-4-15(11)30-12(2)17(28)22-5-6-23-18(29)19-25-16(26-31-19)10-27-9-13(20)8-24-27/h3-4,7-9,12H,5-6,10H2,1-2H3,(H,22,28)(H,23,29). The van der Waals surface area contributed by atoms with E-state index in [4.69, 9.17) is 20.9 Å². The first-order valence-electron chi connectivity index (χ1n) is 9.31. The van der Waals surface area contributed by atoms with Crippen LogP contribution in [0.2, 0.25) is 5.02 Å². The van der Waals surface area contributed by atoms with Crippen molar-refractivity contribution in [2.24, 2.45) is 0 Å². The number of benzene rings is 1. The van der Waals surface area contributed by atoms with E-state index >= 15 is 0 Å². The number of rotatable bonds is 9. The van der Waals surface area contributed by atoms with E-state index in [2.05, 4.69) is 41.8 Å². The molecule has 2 heterocycles. The molecule has 0 saturated heterocycles. The van der Waals surface area contributed by atoms with Crippen LogP contribution in [0.5, 0.6) is 5.75 Å². The zero-order valence-electron chi connectivity index (χ0n) is 16.8. The lowest BCUT2D eigenvalue weighted by atomic mass is 10.2. The molecule has 31 heavy (non-hydrogen) atoms. The van der Waals surface area contributed by atoms with Gasteiger partial charge in [0, 0.05) is 24.3 Å².